The third-order valence-corrected chi connectivity index (χ3v) is 4.58. The third-order valence-electron chi connectivity index (χ3n) is 4.58. The van der Waals surface area contributed by atoms with Gasteiger partial charge < -0.3 is 4.74 Å². The van der Waals surface area contributed by atoms with Gasteiger partial charge in [-0.05, 0) is 48.9 Å². The lowest BCUT2D eigenvalue weighted by atomic mass is 9.92. The molecule has 1 aliphatic rings. The second-order valence-electron chi connectivity index (χ2n) is 6.27. The first-order valence-corrected chi connectivity index (χ1v) is 8.21. The number of carbonyl (C=O) groups excluding carboxylic acids is 1. The average Bonchev–Trinajstić information content (AvgIpc) is 3.04. The molecule has 1 saturated carbocycles. The van der Waals surface area contributed by atoms with Gasteiger partial charge in [0, 0.05) is 6.42 Å². The number of benzene rings is 2. The minimum absolute atomic E-state index is 0.224. The van der Waals surface area contributed by atoms with Crippen LogP contribution < -0.4 is 0 Å². The van der Waals surface area contributed by atoms with Crippen molar-refractivity contribution in [3.8, 4) is 0 Å². The zero-order chi connectivity index (χ0) is 16.1. The summed E-state index contributed by atoms with van der Waals surface area (Å²) in [5.74, 6) is -0.224. The summed E-state index contributed by atoms with van der Waals surface area (Å²) >= 11 is 0. The standard InChI is InChI=1S/C21H22O2/c1-2-17-10-12-19(13-11-17)20(22)23-21(14-6-7-15-21)16-18-8-4-3-5-9-18/h2-5,8-13H,1,6-7,14-16H2. The summed E-state index contributed by atoms with van der Waals surface area (Å²) < 4.78 is 6.00. The highest BCUT2D eigenvalue weighted by atomic mass is 16.6. The van der Waals surface area contributed by atoms with Gasteiger partial charge in [0.05, 0.1) is 5.56 Å². The molecule has 0 unspecified atom stereocenters. The van der Waals surface area contributed by atoms with Crippen molar-refractivity contribution in [1.82, 2.24) is 0 Å². The van der Waals surface area contributed by atoms with Crippen LogP contribution in [0.2, 0.25) is 0 Å². The molecule has 1 aliphatic carbocycles. The van der Waals surface area contributed by atoms with E-state index in [-0.39, 0.29) is 11.6 Å². The molecule has 2 aromatic rings. The van der Waals surface area contributed by atoms with Crippen LogP contribution in [0.5, 0.6) is 0 Å². The van der Waals surface area contributed by atoms with Crippen molar-refractivity contribution in [3.63, 3.8) is 0 Å². The molecule has 118 valence electrons. The predicted molar refractivity (Wildman–Crippen MR) is 93.3 cm³/mol. The van der Waals surface area contributed by atoms with Crippen LogP contribution in [-0.2, 0) is 11.2 Å². The van der Waals surface area contributed by atoms with Gasteiger partial charge in [0.2, 0.25) is 0 Å². The van der Waals surface area contributed by atoms with E-state index in [1.54, 1.807) is 6.08 Å². The van der Waals surface area contributed by atoms with Crippen LogP contribution in [0.3, 0.4) is 0 Å². The molecule has 0 N–H and O–H groups in total. The first-order valence-electron chi connectivity index (χ1n) is 8.21. The quantitative estimate of drug-likeness (QED) is 0.723. The van der Waals surface area contributed by atoms with Crippen molar-refractivity contribution in [3.05, 3.63) is 77.9 Å². The molecule has 1 fully saturated rings. The van der Waals surface area contributed by atoms with Crippen molar-refractivity contribution >= 4 is 12.0 Å². The molecule has 0 aromatic heterocycles. The number of rotatable bonds is 5. The van der Waals surface area contributed by atoms with Crippen LogP contribution in [0.1, 0.15) is 47.2 Å². The minimum atomic E-state index is -0.352. The summed E-state index contributed by atoms with van der Waals surface area (Å²) in [6, 6.07) is 17.7. The summed E-state index contributed by atoms with van der Waals surface area (Å²) in [7, 11) is 0. The lowest BCUT2D eigenvalue weighted by molar-refractivity contribution is -0.0151. The van der Waals surface area contributed by atoms with E-state index < -0.39 is 0 Å². The van der Waals surface area contributed by atoms with Crippen molar-refractivity contribution in [1.29, 1.82) is 0 Å². The Morgan fingerprint density at radius 1 is 1.04 bits per heavy atom. The molecule has 3 rings (SSSR count). The number of hydrogen-bond donors (Lipinski definition) is 0. The van der Waals surface area contributed by atoms with Crippen molar-refractivity contribution in [2.24, 2.45) is 0 Å². The topological polar surface area (TPSA) is 26.3 Å². The maximum absolute atomic E-state index is 12.5. The molecule has 0 amide bonds. The lowest BCUT2D eigenvalue weighted by Gasteiger charge is -2.29. The van der Waals surface area contributed by atoms with Gasteiger partial charge in [-0.25, -0.2) is 4.79 Å². The second kappa shape index (κ2) is 6.82. The Kier molecular flexibility index (Phi) is 4.61. The summed E-state index contributed by atoms with van der Waals surface area (Å²) in [4.78, 5) is 12.5. The molecule has 0 aliphatic heterocycles. The number of carbonyl (C=O) groups is 1. The van der Waals surface area contributed by atoms with Crippen molar-refractivity contribution in [2.75, 3.05) is 0 Å². The molecule has 0 heterocycles. The largest absolute Gasteiger partial charge is 0.455 e. The third kappa shape index (κ3) is 3.70. The van der Waals surface area contributed by atoms with Crippen LogP contribution in [-0.4, -0.2) is 11.6 Å². The predicted octanol–water partition coefficient (Wildman–Crippen LogP) is 5.04. The Morgan fingerprint density at radius 2 is 1.70 bits per heavy atom. The van der Waals surface area contributed by atoms with Gasteiger partial charge >= 0.3 is 5.97 Å². The van der Waals surface area contributed by atoms with Gasteiger partial charge in [0.15, 0.2) is 0 Å². The van der Waals surface area contributed by atoms with Gasteiger partial charge in [-0.2, -0.15) is 0 Å². The molecule has 2 heteroatoms. The van der Waals surface area contributed by atoms with Gasteiger partial charge in [0.25, 0.3) is 0 Å². The number of hydrogen-bond acceptors (Lipinski definition) is 2. The van der Waals surface area contributed by atoms with Crippen LogP contribution >= 0.6 is 0 Å². The summed E-state index contributed by atoms with van der Waals surface area (Å²) in [5, 5.41) is 0. The van der Waals surface area contributed by atoms with E-state index in [1.165, 1.54) is 5.56 Å². The van der Waals surface area contributed by atoms with Gasteiger partial charge in [-0.1, -0.05) is 55.1 Å². The van der Waals surface area contributed by atoms with Crippen molar-refractivity contribution < 1.29 is 9.53 Å². The van der Waals surface area contributed by atoms with Crippen LogP contribution in [0.4, 0.5) is 0 Å². The Balaban J connectivity index is 1.76. The monoisotopic (exact) mass is 306 g/mol. The van der Waals surface area contributed by atoms with E-state index in [4.69, 9.17) is 4.74 Å². The molecule has 0 radical (unpaired) electrons. The minimum Gasteiger partial charge on any atom is -0.455 e. The Hall–Kier alpha value is -2.35. The smallest absolute Gasteiger partial charge is 0.338 e. The van der Waals surface area contributed by atoms with E-state index in [0.717, 1.165) is 37.7 Å². The van der Waals surface area contributed by atoms with Crippen LogP contribution in [0.15, 0.2) is 61.2 Å². The van der Waals surface area contributed by atoms with Crippen LogP contribution in [0, 0.1) is 0 Å². The number of ether oxygens (including phenoxy) is 1. The van der Waals surface area contributed by atoms with Crippen molar-refractivity contribution in [2.45, 2.75) is 37.7 Å². The average molecular weight is 306 g/mol. The second-order valence-corrected chi connectivity index (χ2v) is 6.27. The highest BCUT2D eigenvalue weighted by molar-refractivity contribution is 5.90. The SMILES string of the molecule is C=Cc1ccc(C(=O)OC2(Cc3ccccc3)CCCC2)cc1. The van der Waals surface area contributed by atoms with Crippen LogP contribution in [0.25, 0.3) is 6.08 Å². The van der Waals surface area contributed by atoms with E-state index in [9.17, 15) is 4.79 Å². The fourth-order valence-electron chi connectivity index (χ4n) is 3.31. The molecule has 23 heavy (non-hydrogen) atoms. The molecule has 2 nitrogen and oxygen atoms in total. The highest BCUT2D eigenvalue weighted by Crippen LogP contribution is 2.37. The maximum atomic E-state index is 12.5. The Morgan fingerprint density at radius 3 is 2.30 bits per heavy atom. The molecule has 2 aromatic carbocycles. The number of esters is 1. The first-order chi connectivity index (χ1) is 11.2. The maximum Gasteiger partial charge on any atom is 0.338 e. The summed E-state index contributed by atoms with van der Waals surface area (Å²) in [6.07, 6.45) is 6.69. The normalized spacial score (nSPS) is 16.0. The summed E-state index contributed by atoms with van der Waals surface area (Å²) in [6.45, 7) is 3.73. The van der Waals surface area contributed by atoms with Gasteiger partial charge in [0.1, 0.15) is 5.60 Å². The molecular formula is C21H22O2. The van der Waals surface area contributed by atoms with E-state index in [2.05, 4.69) is 18.7 Å². The fraction of sp³-hybridized carbons (Fsp3) is 0.286. The first kappa shape index (κ1) is 15.5. The Bertz CT molecular complexity index is 665. The molecular weight excluding hydrogens is 284 g/mol. The zero-order valence-electron chi connectivity index (χ0n) is 13.3. The lowest BCUT2D eigenvalue weighted by Crippen LogP contribution is -2.34. The molecule has 0 atom stereocenters. The van der Waals surface area contributed by atoms with Gasteiger partial charge in [-0.15, -0.1) is 0 Å². The molecule has 0 saturated heterocycles. The van der Waals surface area contributed by atoms with E-state index in [1.807, 2.05) is 42.5 Å². The highest BCUT2D eigenvalue weighted by Gasteiger charge is 2.38. The van der Waals surface area contributed by atoms with E-state index in [0.29, 0.717) is 5.56 Å². The Labute approximate surface area is 137 Å². The fourth-order valence-corrected chi connectivity index (χ4v) is 3.31. The zero-order valence-corrected chi connectivity index (χ0v) is 13.3. The molecule has 0 spiro atoms. The summed E-state index contributed by atoms with van der Waals surface area (Å²) in [5.41, 5.74) is 2.48. The molecule has 0 bridgehead atoms. The van der Waals surface area contributed by atoms with Gasteiger partial charge in [-0.3, -0.25) is 0 Å². The van der Waals surface area contributed by atoms with E-state index >= 15 is 0 Å².